The molecule has 1 aromatic rings. The van der Waals surface area contributed by atoms with E-state index in [0.717, 1.165) is 12.1 Å². The maximum absolute atomic E-state index is 14.6. The third kappa shape index (κ3) is 11.1. The summed E-state index contributed by atoms with van der Waals surface area (Å²) in [5, 5.41) is 52.0. The van der Waals surface area contributed by atoms with E-state index in [1.807, 2.05) is 95.8 Å². The number of cyclic esters (lactones) is 1. The molecule has 0 spiro atoms. The number of likely N-dealkylation sites (N-methyl/N-ethyl adjacent to an activating group) is 2. The minimum Gasteiger partial charge on any atom is -0.459 e. The van der Waals surface area contributed by atoms with Crippen LogP contribution < -0.4 is 5.32 Å². The molecule has 0 unspecified atom stereocenters. The second-order valence-corrected chi connectivity index (χ2v) is 20.1. The molecule has 4 fully saturated rings. The first kappa shape index (κ1) is 52.5. The average molecular weight is 907 g/mol. The molecule has 0 amide bonds. The van der Waals surface area contributed by atoms with E-state index in [4.69, 9.17) is 38.2 Å². The average Bonchev–Trinajstić information content (AvgIpc) is 3.55. The van der Waals surface area contributed by atoms with Gasteiger partial charge in [0.25, 0.3) is 6.02 Å². The van der Waals surface area contributed by atoms with E-state index < -0.39 is 95.5 Å². The van der Waals surface area contributed by atoms with Crippen LogP contribution in [0, 0.1) is 17.8 Å². The van der Waals surface area contributed by atoms with Gasteiger partial charge in [-0.3, -0.25) is 4.79 Å². The number of fused-ring (bicyclic) bond motifs is 1. The number of para-hydroxylation sites is 1. The summed E-state index contributed by atoms with van der Waals surface area (Å²) in [6.45, 7) is 21.4. The number of aliphatic imine (C=N–C) groups is 1. The van der Waals surface area contributed by atoms with Crippen molar-refractivity contribution < 1.29 is 58.4 Å². The van der Waals surface area contributed by atoms with Crippen molar-refractivity contribution >= 4 is 17.7 Å². The molecule has 16 heteroatoms. The zero-order valence-corrected chi connectivity index (χ0v) is 41.0. The molecule has 64 heavy (non-hydrogen) atoms. The van der Waals surface area contributed by atoms with Gasteiger partial charge in [-0.15, -0.1) is 0 Å². The first-order valence-electron chi connectivity index (χ1n) is 23.6. The molecule has 18 atom stereocenters. The summed E-state index contributed by atoms with van der Waals surface area (Å²) in [6, 6.07) is 9.29. The number of aliphatic hydroxyl groups excluding tert-OH is 1. The highest BCUT2D eigenvalue weighted by molar-refractivity contribution is 5.79. The second kappa shape index (κ2) is 21.2. The number of carbonyl (C=O) groups is 1. The molecule has 0 radical (unpaired) electrons. The maximum atomic E-state index is 14.6. The summed E-state index contributed by atoms with van der Waals surface area (Å²) in [4.78, 5) is 23.4. The first-order valence-corrected chi connectivity index (χ1v) is 23.6. The number of esters is 1. The number of nitrogens with one attached hydrogen (secondary N) is 1. The lowest BCUT2D eigenvalue weighted by Crippen LogP contribution is -2.70. The van der Waals surface area contributed by atoms with Gasteiger partial charge >= 0.3 is 5.97 Å². The van der Waals surface area contributed by atoms with Gasteiger partial charge in [-0.25, -0.2) is 0 Å². The van der Waals surface area contributed by atoms with Crippen molar-refractivity contribution in [2.24, 2.45) is 22.7 Å². The van der Waals surface area contributed by atoms with Gasteiger partial charge in [-0.05, 0) is 106 Å². The van der Waals surface area contributed by atoms with Crippen LogP contribution in [0.2, 0.25) is 0 Å². The van der Waals surface area contributed by atoms with E-state index in [1.165, 1.54) is 6.92 Å². The fraction of sp³-hybridized carbons (Fsp3) is 0.833. The molecule has 4 aliphatic rings. The number of nitrogens with zero attached hydrogens (tertiary/aromatic N) is 3. The van der Waals surface area contributed by atoms with Gasteiger partial charge in [0.1, 0.15) is 29.0 Å². The standard InChI is InChI=1S/C48H82N4O12/c1-15-22-49-27-48(57)33(8)60-37(25-46(48,10)58-14)62-38-30(5)41(64-43-39-35(23-29(4)59-43)52(13)44(63-39)50-34-20-18-17-19-21-34)45(9,55)24-28(3)26-51(12)32(7)40(53)47(11,56)36(16-2)61-42(54)31(38)6/h17-21,28-33,35-41,43,49,53,55-57H,15-16,22-27H2,1-14H3/b50-44-/t28-,29-,30+,31-,32-,33+,35+,36-,37+,38+,39-,40-,41-,43+,45-,46-,47-,48+/m1/s1. The Kier molecular flexibility index (Phi) is 17.4. The predicted octanol–water partition coefficient (Wildman–Crippen LogP) is 4.37. The number of carbonyl (C=O) groups excluding carboxylic acids is 1. The smallest absolute Gasteiger partial charge is 0.311 e. The van der Waals surface area contributed by atoms with Crippen molar-refractivity contribution in [3.05, 3.63) is 30.3 Å². The van der Waals surface area contributed by atoms with Gasteiger partial charge in [-0.1, -0.05) is 45.9 Å². The van der Waals surface area contributed by atoms with Crippen molar-refractivity contribution in [1.29, 1.82) is 0 Å². The molecule has 5 N–H and O–H groups in total. The zero-order valence-electron chi connectivity index (χ0n) is 41.0. The lowest BCUT2D eigenvalue weighted by atomic mass is 9.75. The van der Waals surface area contributed by atoms with Crippen LogP contribution in [-0.2, 0) is 38.0 Å². The molecular formula is C48H82N4O12. The van der Waals surface area contributed by atoms with E-state index in [0.29, 0.717) is 25.5 Å². The van der Waals surface area contributed by atoms with Crippen LogP contribution in [0.4, 0.5) is 5.69 Å². The van der Waals surface area contributed by atoms with E-state index in [2.05, 4.69) is 5.32 Å². The fourth-order valence-corrected chi connectivity index (χ4v) is 10.6. The summed E-state index contributed by atoms with van der Waals surface area (Å²) in [7, 11) is 5.36. The minimum absolute atomic E-state index is 0.0987. The lowest BCUT2D eigenvalue weighted by Gasteiger charge is -2.53. The molecule has 4 saturated heterocycles. The van der Waals surface area contributed by atoms with E-state index >= 15 is 0 Å². The molecule has 0 bridgehead atoms. The summed E-state index contributed by atoms with van der Waals surface area (Å²) >= 11 is 0. The van der Waals surface area contributed by atoms with Gasteiger partial charge in [-0.2, -0.15) is 4.99 Å². The van der Waals surface area contributed by atoms with Gasteiger partial charge in [0.05, 0.1) is 47.7 Å². The van der Waals surface area contributed by atoms with Crippen LogP contribution in [0.15, 0.2) is 35.3 Å². The molecule has 366 valence electrons. The highest BCUT2D eigenvalue weighted by atomic mass is 16.7. The monoisotopic (exact) mass is 907 g/mol. The van der Waals surface area contributed by atoms with Gasteiger partial charge in [0.2, 0.25) is 0 Å². The Hall–Kier alpha value is -2.48. The number of hydrogen-bond acceptors (Lipinski definition) is 15. The Morgan fingerprint density at radius 1 is 0.938 bits per heavy atom. The van der Waals surface area contributed by atoms with E-state index in [9.17, 15) is 25.2 Å². The van der Waals surface area contributed by atoms with Crippen LogP contribution in [0.5, 0.6) is 0 Å². The number of hydrogen-bond donors (Lipinski definition) is 5. The number of benzene rings is 1. The third-order valence-electron chi connectivity index (χ3n) is 14.8. The predicted molar refractivity (Wildman–Crippen MR) is 243 cm³/mol. The van der Waals surface area contributed by atoms with Crippen LogP contribution in [0.25, 0.3) is 0 Å². The highest BCUT2D eigenvalue weighted by Gasteiger charge is 2.59. The third-order valence-corrected chi connectivity index (χ3v) is 14.8. The maximum Gasteiger partial charge on any atom is 0.311 e. The summed E-state index contributed by atoms with van der Waals surface area (Å²) in [6.07, 6.45) is -5.95. The number of rotatable bonds is 11. The molecule has 1 aromatic carbocycles. The minimum atomic E-state index is -1.82. The Morgan fingerprint density at radius 3 is 2.23 bits per heavy atom. The van der Waals surface area contributed by atoms with E-state index in [-0.39, 0.29) is 43.9 Å². The Morgan fingerprint density at radius 2 is 1.61 bits per heavy atom. The molecule has 0 aliphatic carbocycles. The summed E-state index contributed by atoms with van der Waals surface area (Å²) in [5.41, 5.74) is -5.23. The fourth-order valence-electron chi connectivity index (χ4n) is 10.6. The molecule has 5 rings (SSSR count). The van der Waals surface area contributed by atoms with Crippen LogP contribution in [0.3, 0.4) is 0 Å². The highest BCUT2D eigenvalue weighted by Crippen LogP contribution is 2.44. The quantitative estimate of drug-likeness (QED) is 0.155. The Labute approximate surface area is 382 Å². The normalized spacial score (nSPS) is 45.0. The van der Waals surface area contributed by atoms with Crippen LogP contribution in [0.1, 0.15) is 108 Å². The number of ether oxygens (including phenoxy) is 7. The number of aliphatic hydroxyl groups is 4. The van der Waals surface area contributed by atoms with Crippen molar-refractivity contribution in [3.63, 3.8) is 0 Å². The van der Waals surface area contributed by atoms with Crippen molar-refractivity contribution in [3.8, 4) is 0 Å². The van der Waals surface area contributed by atoms with Crippen molar-refractivity contribution in [2.45, 2.75) is 198 Å². The summed E-state index contributed by atoms with van der Waals surface area (Å²) < 4.78 is 46.0. The van der Waals surface area contributed by atoms with Crippen LogP contribution >= 0.6 is 0 Å². The molecule has 16 nitrogen and oxygen atoms in total. The largest absolute Gasteiger partial charge is 0.459 e. The Bertz CT molecular complexity index is 1690. The lowest BCUT2D eigenvalue weighted by molar-refractivity contribution is -0.335. The van der Waals surface area contributed by atoms with Gasteiger partial charge < -0.3 is 68.7 Å². The van der Waals surface area contributed by atoms with Crippen molar-refractivity contribution in [2.75, 3.05) is 40.8 Å². The van der Waals surface area contributed by atoms with Gasteiger partial charge in [0, 0.05) is 45.6 Å². The molecule has 0 saturated carbocycles. The SMILES string of the molecule is CCCNC[C@]1(O)[C@H](C)O[C@@H](O[C@H]2[C@H](C)[C@@H](O[C@@H]3O[C@H](C)C[C@H]4[C@H]3O/C(=N\c3ccccc3)N4C)[C@](C)(O)C[C@@H](C)CN(C)[C@H](C)[C@@H](O)[C@](C)(O)[C@@H](CC)OC(=O)[C@@H]2C)C[C@@]1(C)OC. The first-order chi connectivity index (χ1) is 29.9. The topological polar surface area (TPSA) is 193 Å². The number of amidine groups is 1. The van der Waals surface area contributed by atoms with E-state index in [1.54, 1.807) is 34.8 Å². The van der Waals surface area contributed by atoms with Crippen molar-refractivity contribution in [1.82, 2.24) is 15.1 Å². The Balaban J connectivity index is 1.59. The summed E-state index contributed by atoms with van der Waals surface area (Å²) in [5.74, 6) is -2.62. The molecule has 4 heterocycles. The molecular weight excluding hydrogens is 825 g/mol. The second-order valence-electron chi connectivity index (χ2n) is 20.1. The molecule has 0 aromatic heterocycles. The number of methoxy groups -OCH3 is 1. The van der Waals surface area contributed by atoms with Gasteiger partial charge in [0.15, 0.2) is 18.7 Å². The zero-order chi connectivity index (χ0) is 47.5. The molecule has 4 aliphatic heterocycles. The van der Waals surface area contributed by atoms with Crippen LogP contribution in [-0.4, -0.2) is 173 Å².